The lowest BCUT2D eigenvalue weighted by Gasteiger charge is -2.24. The smallest absolute Gasteiger partial charge is 0.349 e. The normalized spacial score (nSPS) is 11.4. The van der Waals surface area contributed by atoms with Crippen LogP contribution in [0.25, 0.3) is 0 Å². The van der Waals surface area contributed by atoms with E-state index in [1.807, 2.05) is 5.43 Å². The van der Waals surface area contributed by atoms with Crippen molar-refractivity contribution >= 4 is 41.7 Å². The van der Waals surface area contributed by atoms with Crippen molar-refractivity contribution in [2.75, 3.05) is 21.3 Å². The predicted molar refractivity (Wildman–Crippen MR) is 163 cm³/mol. The van der Waals surface area contributed by atoms with E-state index in [4.69, 9.17) is 33.2 Å². The molecule has 2 atom stereocenters. The first kappa shape index (κ1) is 36.8. The Balaban J connectivity index is 1.93. The number of ether oxygens (including phenoxy) is 7. The van der Waals surface area contributed by atoms with Crippen LogP contribution >= 0.6 is 0 Å². The molecule has 0 aliphatic carbocycles. The summed E-state index contributed by atoms with van der Waals surface area (Å²) >= 11 is 0. The van der Waals surface area contributed by atoms with E-state index in [-0.39, 0.29) is 39.7 Å². The number of aliphatic carboxylic acids is 1. The molecule has 0 aliphatic heterocycles. The number of nitrogens with one attached hydrogen (secondary N) is 2. The van der Waals surface area contributed by atoms with Crippen LogP contribution in [0.15, 0.2) is 60.7 Å². The number of carbonyl (C=O) groups excluding carboxylic acids is 6. The van der Waals surface area contributed by atoms with Crippen LogP contribution in [0, 0.1) is 0 Å². The van der Waals surface area contributed by atoms with Gasteiger partial charge in [-0.25, -0.2) is 14.4 Å². The van der Waals surface area contributed by atoms with Crippen LogP contribution in [0.5, 0.6) is 28.7 Å². The Bertz CT molecular complexity index is 1750. The third-order valence-corrected chi connectivity index (χ3v) is 6.20. The fourth-order valence-corrected chi connectivity index (χ4v) is 3.93. The molecule has 17 nitrogen and oxygen atoms in total. The van der Waals surface area contributed by atoms with Gasteiger partial charge in [0, 0.05) is 19.4 Å². The molecule has 0 radical (unpaired) electrons. The first-order valence-corrected chi connectivity index (χ1v) is 13.9. The molecule has 3 N–H and O–H groups in total. The van der Waals surface area contributed by atoms with Gasteiger partial charge in [0.15, 0.2) is 23.0 Å². The molecular formula is C32H30N2O15. The highest BCUT2D eigenvalue weighted by atomic mass is 16.6. The third kappa shape index (κ3) is 9.92. The van der Waals surface area contributed by atoms with E-state index in [0.29, 0.717) is 5.75 Å². The van der Waals surface area contributed by atoms with Gasteiger partial charge in [-0.05, 0) is 60.7 Å². The third-order valence-electron chi connectivity index (χ3n) is 6.20. The largest absolute Gasteiger partial charge is 0.497 e. The highest BCUT2D eigenvalue weighted by Crippen LogP contribution is 2.30. The topological polar surface area (TPSA) is 228 Å². The Morgan fingerprint density at radius 2 is 1.02 bits per heavy atom. The number of hydrogen-bond donors (Lipinski definition) is 3. The molecule has 3 aromatic rings. The minimum atomic E-state index is -2.49. The zero-order valence-corrected chi connectivity index (χ0v) is 26.6. The van der Waals surface area contributed by atoms with Crippen LogP contribution in [0.2, 0.25) is 0 Å². The second kappa shape index (κ2) is 16.8. The van der Waals surface area contributed by atoms with Crippen molar-refractivity contribution in [3.8, 4) is 28.7 Å². The summed E-state index contributed by atoms with van der Waals surface area (Å²) in [4.78, 5) is 87.5. The number of carboxylic acids is 1. The van der Waals surface area contributed by atoms with Crippen LogP contribution in [0.1, 0.15) is 44.9 Å². The maximum Gasteiger partial charge on any atom is 0.349 e. The average molecular weight is 683 g/mol. The first-order valence-electron chi connectivity index (χ1n) is 13.9. The molecule has 0 saturated heterocycles. The van der Waals surface area contributed by atoms with Gasteiger partial charge in [-0.1, -0.05) is 0 Å². The van der Waals surface area contributed by atoms with Crippen molar-refractivity contribution < 1.29 is 71.8 Å². The van der Waals surface area contributed by atoms with Gasteiger partial charge in [-0.2, -0.15) is 0 Å². The molecular weight excluding hydrogens is 652 g/mol. The molecule has 3 rings (SSSR count). The summed E-state index contributed by atoms with van der Waals surface area (Å²) in [7, 11) is 3.85. The summed E-state index contributed by atoms with van der Waals surface area (Å²) in [5.41, 5.74) is 3.48. The summed E-state index contributed by atoms with van der Waals surface area (Å²) in [6.45, 7) is 2.27. The first-order chi connectivity index (χ1) is 23.3. The van der Waals surface area contributed by atoms with E-state index in [9.17, 15) is 38.7 Å². The Kier molecular flexibility index (Phi) is 12.6. The van der Waals surface area contributed by atoms with E-state index in [2.05, 4.69) is 5.43 Å². The highest BCUT2D eigenvalue weighted by molar-refractivity contribution is 5.99. The monoisotopic (exact) mass is 682 g/mol. The standard InChI is InChI=1S/C32H30N2O15/c1-16(35)46-22-12-8-19(14-24(22)44-4)31(41)48-26(29(38)34-33-28(37)18-6-10-21(43-3)11-7-18)27(30(39)40)49-32(42)20-9-13-23(47-17(2)36)25(15-20)45-5/h6-15,26-27H,1-5H3,(H,33,37)(H,34,38)(H,39,40)/t26-,27+/m1/s1. The Labute approximate surface area is 277 Å². The number of benzene rings is 3. The Morgan fingerprint density at radius 1 is 0.571 bits per heavy atom. The van der Waals surface area contributed by atoms with Crippen molar-refractivity contribution in [2.24, 2.45) is 0 Å². The summed E-state index contributed by atoms with van der Waals surface area (Å²) in [5, 5.41) is 10.0. The number of rotatable bonds is 13. The maximum absolute atomic E-state index is 13.3. The van der Waals surface area contributed by atoms with Gasteiger partial charge >= 0.3 is 29.8 Å². The van der Waals surface area contributed by atoms with Gasteiger partial charge < -0.3 is 38.3 Å². The van der Waals surface area contributed by atoms with Crippen LogP contribution in [0.3, 0.4) is 0 Å². The number of esters is 4. The number of amides is 2. The molecule has 0 unspecified atom stereocenters. The minimum absolute atomic E-state index is 0.0574. The van der Waals surface area contributed by atoms with Gasteiger partial charge in [0.05, 0.1) is 32.5 Å². The molecule has 0 fully saturated rings. The van der Waals surface area contributed by atoms with Crippen molar-refractivity contribution in [3.63, 3.8) is 0 Å². The fourth-order valence-electron chi connectivity index (χ4n) is 3.93. The van der Waals surface area contributed by atoms with Crippen molar-refractivity contribution in [1.29, 1.82) is 0 Å². The summed E-state index contributed by atoms with van der Waals surface area (Å²) in [6.07, 6.45) is -4.90. The second-order valence-corrected chi connectivity index (χ2v) is 9.58. The van der Waals surface area contributed by atoms with Crippen LogP contribution in [-0.4, -0.2) is 80.3 Å². The van der Waals surface area contributed by atoms with Crippen molar-refractivity contribution in [3.05, 3.63) is 77.4 Å². The number of hydrazine groups is 1. The number of hydrogen-bond acceptors (Lipinski definition) is 14. The van der Waals surface area contributed by atoms with Gasteiger partial charge in [0.1, 0.15) is 5.75 Å². The van der Waals surface area contributed by atoms with Gasteiger partial charge in [-0.15, -0.1) is 0 Å². The lowest BCUT2D eigenvalue weighted by Crippen LogP contribution is -2.54. The summed E-state index contributed by atoms with van der Waals surface area (Å²) < 4.78 is 35.6. The quantitative estimate of drug-likeness (QED) is 0.133. The lowest BCUT2D eigenvalue weighted by molar-refractivity contribution is -0.159. The number of carbonyl (C=O) groups is 7. The SMILES string of the molecule is COc1ccc(C(=O)NNC(=O)[C@H](OC(=O)c2ccc(OC(C)=O)c(OC)c2)[C@H](OC(=O)c2ccc(OC(C)=O)c(OC)c2)C(=O)O)cc1. The zero-order chi connectivity index (χ0) is 36.2. The Hall–Kier alpha value is -6.65. The Morgan fingerprint density at radius 3 is 1.43 bits per heavy atom. The maximum atomic E-state index is 13.3. The molecule has 0 saturated carbocycles. The van der Waals surface area contributed by atoms with Crippen LogP contribution in [-0.2, 0) is 28.7 Å². The van der Waals surface area contributed by atoms with Gasteiger partial charge in [0.2, 0.25) is 12.2 Å². The van der Waals surface area contributed by atoms with Crippen LogP contribution < -0.4 is 34.5 Å². The number of methoxy groups -OCH3 is 3. The summed E-state index contributed by atoms with van der Waals surface area (Å²) in [6, 6.07) is 12.4. The predicted octanol–water partition coefficient (Wildman–Crippen LogP) is 1.86. The fraction of sp³-hybridized carbons (Fsp3) is 0.219. The van der Waals surface area contributed by atoms with Gasteiger partial charge in [-0.3, -0.25) is 30.0 Å². The molecule has 258 valence electrons. The van der Waals surface area contributed by atoms with E-state index < -0.39 is 53.9 Å². The van der Waals surface area contributed by atoms with E-state index in [0.717, 1.165) is 38.1 Å². The van der Waals surface area contributed by atoms with Crippen molar-refractivity contribution in [2.45, 2.75) is 26.1 Å². The molecule has 0 bridgehead atoms. The average Bonchev–Trinajstić information content (AvgIpc) is 3.07. The minimum Gasteiger partial charge on any atom is -0.497 e. The molecule has 0 spiro atoms. The molecule has 17 heteroatoms. The highest BCUT2D eigenvalue weighted by Gasteiger charge is 2.41. The van der Waals surface area contributed by atoms with E-state index in [1.54, 1.807) is 0 Å². The molecule has 3 aromatic carbocycles. The van der Waals surface area contributed by atoms with E-state index >= 15 is 0 Å². The zero-order valence-electron chi connectivity index (χ0n) is 26.6. The second-order valence-electron chi connectivity index (χ2n) is 9.58. The van der Waals surface area contributed by atoms with E-state index in [1.165, 1.54) is 57.7 Å². The molecule has 0 heterocycles. The van der Waals surface area contributed by atoms with Crippen molar-refractivity contribution in [1.82, 2.24) is 10.9 Å². The lowest BCUT2D eigenvalue weighted by atomic mass is 10.1. The molecule has 2 amide bonds. The van der Waals surface area contributed by atoms with Crippen LogP contribution in [0.4, 0.5) is 0 Å². The molecule has 0 aromatic heterocycles. The molecule has 49 heavy (non-hydrogen) atoms. The number of carboxylic acid groups (broad SMARTS) is 1. The molecule has 0 aliphatic rings. The van der Waals surface area contributed by atoms with Gasteiger partial charge in [0.25, 0.3) is 11.8 Å². The summed E-state index contributed by atoms with van der Waals surface area (Å²) in [5.74, 6) is -8.05.